The summed E-state index contributed by atoms with van der Waals surface area (Å²) in [5.74, 6) is 4.17. The van der Waals surface area contributed by atoms with Crippen molar-refractivity contribution < 1.29 is 9.47 Å². The minimum Gasteiger partial charge on any atom is -0.457 e. The fourth-order valence-corrected chi connectivity index (χ4v) is 6.33. The van der Waals surface area contributed by atoms with Crippen molar-refractivity contribution in [2.75, 3.05) is 11.5 Å². The maximum absolute atomic E-state index is 6.24. The highest BCUT2D eigenvalue weighted by molar-refractivity contribution is 5.51. The highest BCUT2D eigenvalue weighted by atomic mass is 16.5. The predicted octanol–water partition coefficient (Wildman–Crippen LogP) is 10.1. The maximum atomic E-state index is 6.24. The summed E-state index contributed by atoms with van der Waals surface area (Å²) in [5, 5.41) is 0. The van der Waals surface area contributed by atoms with Crippen LogP contribution in [0.25, 0.3) is 0 Å². The van der Waals surface area contributed by atoms with Gasteiger partial charge in [0.25, 0.3) is 0 Å². The molecule has 1 fully saturated rings. The van der Waals surface area contributed by atoms with Crippen LogP contribution in [-0.4, -0.2) is 0 Å². The molecule has 4 heteroatoms. The third kappa shape index (κ3) is 6.70. The van der Waals surface area contributed by atoms with Crippen molar-refractivity contribution in [1.29, 1.82) is 0 Å². The van der Waals surface area contributed by atoms with E-state index < -0.39 is 0 Å². The summed E-state index contributed by atoms with van der Waals surface area (Å²) in [6.07, 6.45) is 10.1. The van der Waals surface area contributed by atoms with Gasteiger partial charge in [0.05, 0.1) is 0 Å². The molecule has 0 bridgehead atoms. The van der Waals surface area contributed by atoms with Gasteiger partial charge in [-0.1, -0.05) is 56.9 Å². The van der Waals surface area contributed by atoms with Gasteiger partial charge in [0.2, 0.25) is 0 Å². The Labute approximate surface area is 245 Å². The Morgan fingerprint density at radius 3 is 1.54 bits per heavy atom. The molecular weight excluding hydrogens is 504 g/mol. The predicted molar refractivity (Wildman–Crippen MR) is 171 cm³/mol. The number of ether oxygens (including phenoxy) is 2. The van der Waals surface area contributed by atoms with Crippen LogP contribution < -0.4 is 20.9 Å². The Bertz CT molecular complexity index is 1340. The van der Waals surface area contributed by atoms with Gasteiger partial charge >= 0.3 is 0 Å². The lowest BCUT2D eigenvalue weighted by Crippen LogP contribution is -2.33. The van der Waals surface area contributed by atoms with Crippen molar-refractivity contribution in [3.05, 3.63) is 107 Å². The van der Waals surface area contributed by atoms with Crippen molar-refractivity contribution in [2.45, 2.75) is 77.6 Å². The molecule has 0 aromatic heterocycles. The number of nitrogen functional groups attached to an aromatic ring is 2. The monoisotopic (exact) mass is 548 g/mol. The van der Waals surface area contributed by atoms with Crippen molar-refractivity contribution in [1.82, 2.24) is 0 Å². The first kappa shape index (κ1) is 28.6. The van der Waals surface area contributed by atoms with E-state index in [9.17, 15) is 0 Å². The zero-order valence-corrected chi connectivity index (χ0v) is 24.8. The molecule has 41 heavy (non-hydrogen) atoms. The molecule has 4 N–H and O–H groups in total. The molecule has 4 aromatic rings. The van der Waals surface area contributed by atoms with Crippen LogP contribution in [-0.2, 0) is 5.41 Å². The van der Waals surface area contributed by atoms with Crippen LogP contribution in [0.5, 0.6) is 23.0 Å². The number of aryl methyl sites for hydroxylation is 2. The number of hydrogen-bond acceptors (Lipinski definition) is 4. The SMILES string of the molecule is CCCCCC1CCC(c2ccc(Oc3ccc(N)cc3)c(C)c2)(c2ccc(Oc3ccc(N)cc3)c(C)c2)CC1. The van der Waals surface area contributed by atoms with E-state index in [2.05, 4.69) is 57.2 Å². The van der Waals surface area contributed by atoms with E-state index in [0.717, 1.165) is 64.3 Å². The molecule has 5 rings (SSSR count). The van der Waals surface area contributed by atoms with Crippen LogP contribution >= 0.6 is 0 Å². The van der Waals surface area contributed by atoms with Gasteiger partial charge < -0.3 is 20.9 Å². The van der Waals surface area contributed by atoms with E-state index in [1.807, 2.05) is 48.5 Å². The molecule has 0 radical (unpaired) electrons. The van der Waals surface area contributed by atoms with Crippen molar-refractivity contribution >= 4 is 11.4 Å². The van der Waals surface area contributed by atoms with Crippen LogP contribution in [0, 0.1) is 19.8 Å². The van der Waals surface area contributed by atoms with Crippen LogP contribution in [0.3, 0.4) is 0 Å². The Kier molecular flexibility index (Phi) is 8.87. The first-order valence-electron chi connectivity index (χ1n) is 15.2. The van der Waals surface area contributed by atoms with E-state index in [-0.39, 0.29) is 5.41 Å². The third-order valence-corrected chi connectivity index (χ3v) is 8.85. The molecule has 1 aliphatic rings. The number of hydrogen-bond donors (Lipinski definition) is 2. The van der Waals surface area contributed by atoms with Gasteiger partial charge in [-0.3, -0.25) is 0 Å². The summed E-state index contributed by atoms with van der Waals surface area (Å²) < 4.78 is 12.5. The highest BCUT2D eigenvalue weighted by Crippen LogP contribution is 2.49. The molecule has 214 valence electrons. The Morgan fingerprint density at radius 1 is 0.659 bits per heavy atom. The lowest BCUT2D eigenvalue weighted by atomic mass is 9.62. The van der Waals surface area contributed by atoms with Gasteiger partial charge in [0.1, 0.15) is 23.0 Å². The fourth-order valence-electron chi connectivity index (χ4n) is 6.33. The zero-order chi connectivity index (χ0) is 28.8. The molecule has 0 spiro atoms. The summed E-state index contributed by atoms with van der Waals surface area (Å²) in [7, 11) is 0. The van der Waals surface area contributed by atoms with Crippen LogP contribution in [0.4, 0.5) is 11.4 Å². The second-order valence-corrected chi connectivity index (χ2v) is 11.8. The normalized spacial score (nSPS) is 15.0. The molecule has 0 atom stereocenters. The average Bonchev–Trinajstić information content (AvgIpc) is 2.98. The molecule has 0 unspecified atom stereocenters. The molecule has 1 aliphatic carbocycles. The topological polar surface area (TPSA) is 70.5 Å². The molecule has 1 saturated carbocycles. The van der Waals surface area contributed by atoms with Crippen LogP contribution in [0.1, 0.15) is 80.5 Å². The van der Waals surface area contributed by atoms with Crippen LogP contribution in [0.15, 0.2) is 84.9 Å². The summed E-state index contributed by atoms with van der Waals surface area (Å²) in [6, 6.07) is 28.7. The van der Waals surface area contributed by atoms with E-state index in [1.165, 1.54) is 49.7 Å². The van der Waals surface area contributed by atoms with E-state index >= 15 is 0 Å². The third-order valence-electron chi connectivity index (χ3n) is 8.85. The molecule has 0 amide bonds. The van der Waals surface area contributed by atoms with Crippen molar-refractivity contribution in [2.24, 2.45) is 5.92 Å². The zero-order valence-electron chi connectivity index (χ0n) is 24.8. The van der Waals surface area contributed by atoms with Gasteiger partial charge in [-0.2, -0.15) is 0 Å². The minimum atomic E-state index is -0.0315. The second kappa shape index (κ2) is 12.7. The van der Waals surface area contributed by atoms with Gasteiger partial charge in [-0.05, 0) is 128 Å². The Morgan fingerprint density at radius 2 is 1.12 bits per heavy atom. The summed E-state index contributed by atoms with van der Waals surface area (Å²) in [6.45, 7) is 6.59. The lowest BCUT2D eigenvalue weighted by molar-refractivity contribution is 0.250. The van der Waals surface area contributed by atoms with Crippen molar-refractivity contribution in [3.8, 4) is 23.0 Å². The summed E-state index contributed by atoms with van der Waals surface area (Å²) in [5.41, 5.74) is 18.2. The number of rotatable bonds is 10. The van der Waals surface area contributed by atoms with Gasteiger partial charge in [0.15, 0.2) is 0 Å². The number of benzene rings is 4. The standard InChI is InChI=1S/C37H44N2O2/c1-4-5-6-7-28-20-22-37(23-21-28,29-8-18-35(26(2)24-29)40-33-14-10-31(38)11-15-33)30-9-19-36(27(3)25-30)41-34-16-12-32(39)13-17-34/h8-19,24-25,28H,4-7,20-23,38-39H2,1-3H3. The molecule has 4 aromatic carbocycles. The maximum Gasteiger partial charge on any atom is 0.130 e. The Balaban J connectivity index is 1.44. The number of nitrogens with two attached hydrogens (primary N) is 2. The first-order valence-corrected chi connectivity index (χ1v) is 15.2. The van der Waals surface area contributed by atoms with E-state index in [1.54, 1.807) is 0 Å². The Hall–Kier alpha value is -3.92. The summed E-state index contributed by atoms with van der Waals surface area (Å²) >= 11 is 0. The second-order valence-electron chi connectivity index (χ2n) is 11.8. The molecular formula is C37H44N2O2. The smallest absolute Gasteiger partial charge is 0.130 e. The molecule has 0 saturated heterocycles. The first-order chi connectivity index (χ1) is 19.9. The van der Waals surface area contributed by atoms with Crippen LogP contribution in [0.2, 0.25) is 0 Å². The van der Waals surface area contributed by atoms with E-state index in [4.69, 9.17) is 20.9 Å². The van der Waals surface area contributed by atoms with E-state index in [0.29, 0.717) is 0 Å². The fraction of sp³-hybridized carbons (Fsp3) is 0.351. The highest BCUT2D eigenvalue weighted by Gasteiger charge is 2.39. The molecule has 4 nitrogen and oxygen atoms in total. The quantitative estimate of drug-likeness (QED) is 0.153. The summed E-state index contributed by atoms with van der Waals surface area (Å²) in [4.78, 5) is 0. The van der Waals surface area contributed by atoms with Gasteiger partial charge in [-0.25, -0.2) is 0 Å². The lowest BCUT2D eigenvalue weighted by Gasteiger charge is -2.42. The van der Waals surface area contributed by atoms with Gasteiger partial charge in [-0.15, -0.1) is 0 Å². The average molecular weight is 549 g/mol. The number of anilines is 2. The minimum absolute atomic E-state index is 0.0315. The van der Waals surface area contributed by atoms with Crippen molar-refractivity contribution in [3.63, 3.8) is 0 Å². The number of unbranched alkanes of at least 4 members (excludes halogenated alkanes) is 2. The largest absolute Gasteiger partial charge is 0.457 e. The van der Waals surface area contributed by atoms with Gasteiger partial charge in [0, 0.05) is 16.8 Å². The molecule has 0 heterocycles. The molecule has 0 aliphatic heterocycles.